The van der Waals surface area contributed by atoms with Gasteiger partial charge in [0.05, 0.1) is 17.9 Å². The first-order valence-electron chi connectivity index (χ1n) is 17.6. The number of nitrogens with one attached hydrogen (secondary N) is 1. The lowest BCUT2D eigenvalue weighted by Gasteiger charge is -2.22. The molecule has 254 valence electrons. The van der Waals surface area contributed by atoms with Crippen LogP contribution in [0.2, 0.25) is 0 Å². The molecule has 3 atom stereocenters. The smallest absolute Gasteiger partial charge is 0.267 e. The molecule has 0 heterocycles. The van der Waals surface area contributed by atoms with Gasteiger partial charge < -0.3 is 15.5 Å². The summed E-state index contributed by atoms with van der Waals surface area (Å²) < 4.78 is 32.3. The quantitative estimate of drug-likeness (QED) is 0.0346. The summed E-state index contributed by atoms with van der Waals surface area (Å²) in [6.07, 6.45) is 32.3. The average Bonchev–Trinajstić information content (AvgIpc) is 2.96. The molecule has 0 spiro atoms. The SMILES string of the molecule is CCCCCCCCCC/C=C/CC/C=C/C(O)C(CS(=O)(=O)O)NC(=O)C(O)CCCCCCCCCCCCCC. The summed E-state index contributed by atoms with van der Waals surface area (Å²) in [5.74, 6) is -1.55. The summed E-state index contributed by atoms with van der Waals surface area (Å²) in [4.78, 5) is 12.5. The third-order valence-corrected chi connectivity index (χ3v) is 8.77. The van der Waals surface area contributed by atoms with Gasteiger partial charge in [0, 0.05) is 0 Å². The molecule has 1 amide bonds. The minimum Gasteiger partial charge on any atom is -0.387 e. The fraction of sp³-hybridized carbons (Fsp3) is 0.857. The van der Waals surface area contributed by atoms with Crippen molar-refractivity contribution >= 4 is 16.0 Å². The van der Waals surface area contributed by atoms with E-state index in [1.807, 2.05) is 0 Å². The van der Waals surface area contributed by atoms with Gasteiger partial charge in [-0.1, -0.05) is 160 Å². The van der Waals surface area contributed by atoms with Crippen LogP contribution in [-0.2, 0) is 14.9 Å². The monoisotopic (exact) mass is 629 g/mol. The van der Waals surface area contributed by atoms with Gasteiger partial charge in [-0.15, -0.1) is 0 Å². The highest BCUT2D eigenvalue weighted by atomic mass is 32.2. The molecule has 43 heavy (non-hydrogen) atoms. The van der Waals surface area contributed by atoms with Gasteiger partial charge in [0.15, 0.2) is 0 Å². The Hall–Kier alpha value is -1.22. The molecule has 0 aromatic heterocycles. The summed E-state index contributed by atoms with van der Waals surface area (Å²) in [7, 11) is -4.44. The van der Waals surface area contributed by atoms with Crippen molar-refractivity contribution in [3.63, 3.8) is 0 Å². The van der Waals surface area contributed by atoms with E-state index in [9.17, 15) is 28.0 Å². The first-order valence-corrected chi connectivity index (χ1v) is 19.3. The Morgan fingerprint density at radius 2 is 1.05 bits per heavy atom. The minimum absolute atomic E-state index is 0.277. The normalized spacial score (nSPS) is 14.4. The van der Waals surface area contributed by atoms with Gasteiger partial charge in [0.25, 0.3) is 10.1 Å². The van der Waals surface area contributed by atoms with Crippen LogP contribution in [-0.4, -0.2) is 53.1 Å². The Bertz CT molecular complexity index is 798. The Kier molecular flexibility index (Phi) is 28.7. The van der Waals surface area contributed by atoms with Crippen LogP contribution in [0.5, 0.6) is 0 Å². The molecule has 0 bridgehead atoms. The summed E-state index contributed by atoms with van der Waals surface area (Å²) >= 11 is 0. The number of hydrogen-bond donors (Lipinski definition) is 4. The van der Waals surface area contributed by atoms with Crippen molar-refractivity contribution in [3.05, 3.63) is 24.3 Å². The number of aliphatic hydroxyl groups excluding tert-OH is 2. The highest BCUT2D eigenvalue weighted by Crippen LogP contribution is 2.14. The van der Waals surface area contributed by atoms with Gasteiger partial charge in [-0.2, -0.15) is 8.42 Å². The van der Waals surface area contributed by atoms with Gasteiger partial charge in [-0.05, 0) is 32.1 Å². The van der Waals surface area contributed by atoms with Crippen molar-refractivity contribution in [1.29, 1.82) is 0 Å². The van der Waals surface area contributed by atoms with Gasteiger partial charge in [-0.25, -0.2) is 0 Å². The van der Waals surface area contributed by atoms with Crippen LogP contribution in [0.15, 0.2) is 24.3 Å². The van der Waals surface area contributed by atoms with E-state index in [1.54, 1.807) is 6.08 Å². The van der Waals surface area contributed by atoms with Crippen molar-refractivity contribution in [2.45, 2.75) is 186 Å². The van der Waals surface area contributed by atoms with E-state index in [4.69, 9.17) is 0 Å². The standard InChI is InChI=1S/C35H67NO6S/c1-3-5-7-9-11-13-15-17-18-20-21-23-25-27-29-33(37)32(31-43(40,41)42)36-35(39)34(38)30-28-26-24-22-19-16-14-12-10-8-6-4-2/h20-21,27,29,32-34,37-38H,3-19,22-26,28,30-31H2,1-2H3,(H,36,39)(H,40,41,42)/b21-20+,29-27+. The van der Waals surface area contributed by atoms with Crippen molar-refractivity contribution in [2.75, 3.05) is 5.75 Å². The van der Waals surface area contributed by atoms with Crippen LogP contribution in [0, 0.1) is 0 Å². The Balaban J connectivity index is 4.21. The van der Waals surface area contributed by atoms with E-state index in [0.717, 1.165) is 32.1 Å². The summed E-state index contributed by atoms with van der Waals surface area (Å²) in [5.41, 5.74) is 0. The van der Waals surface area contributed by atoms with E-state index < -0.39 is 40.0 Å². The number of aliphatic hydroxyl groups is 2. The maximum atomic E-state index is 12.5. The van der Waals surface area contributed by atoms with Crippen LogP contribution in [0.4, 0.5) is 0 Å². The molecular formula is C35H67NO6S. The van der Waals surface area contributed by atoms with Gasteiger partial charge in [0.1, 0.15) is 6.10 Å². The first-order chi connectivity index (χ1) is 20.7. The Morgan fingerprint density at radius 3 is 1.53 bits per heavy atom. The molecule has 0 aromatic rings. The number of amides is 1. The molecule has 4 N–H and O–H groups in total. The lowest BCUT2D eigenvalue weighted by Crippen LogP contribution is -2.50. The molecule has 7 nitrogen and oxygen atoms in total. The molecule has 0 saturated carbocycles. The Labute approximate surface area is 265 Å². The van der Waals surface area contributed by atoms with E-state index in [-0.39, 0.29) is 6.42 Å². The highest BCUT2D eigenvalue weighted by molar-refractivity contribution is 7.85. The van der Waals surface area contributed by atoms with Crippen molar-refractivity contribution < 1.29 is 28.0 Å². The second-order valence-corrected chi connectivity index (χ2v) is 13.8. The summed E-state index contributed by atoms with van der Waals surface area (Å²) in [5, 5.41) is 23.2. The van der Waals surface area contributed by atoms with E-state index in [0.29, 0.717) is 12.8 Å². The van der Waals surface area contributed by atoms with Crippen LogP contribution < -0.4 is 5.32 Å². The summed E-state index contributed by atoms with van der Waals surface area (Å²) in [6.45, 7) is 4.47. The molecule has 0 saturated heterocycles. The predicted octanol–water partition coefficient (Wildman–Crippen LogP) is 8.60. The Morgan fingerprint density at radius 1 is 0.628 bits per heavy atom. The minimum atomic E-state index is -4.44. The fourth-order valence-electron chi connectivity index (χ4n) is 5.24. The van der Waals surface area contributed by atoms with Crippen LogP contribution >= 0.6 is 0 Å². The zero-order valence-corrected chi connectivity index (χ0v) is 28.5. The maximum absolute atomic E-state index is 12.5. The van der Waals surface area contributed by atoms with Gasteiger partial charge >= 0.3 is 0 Å². The lowest BCUT2D eigenvalue weighted by atomic mass is 10.0. The average molecular weight is 630 g/mol. The van der Waals surface area contributed by atoms with E-state index >= 15 is 0 Å². The zero-order valence-electron chi connectivity index (χ0n) is 27.7. The zero-order chi connectivity index (χ0) is 32.0. The third kappa shape index (κ3) is 29.3. The second-order valence-electron chi connectivity index (χ2n) is 12.3. The molecule has 3 unspecified atom stereocenters. The number of carbonyl (C=O) groups is 1. The van der Waals surface area contributed by atoms with Crippen LogP contribution in [0.1, 0.15) is 168 Å². The maximum Gasteiger partial charge on any atom is 0.267 e. The van der Waals surface area contributed by atoms with E-state index in [2.05, 4.69) is 31.3 Å². The van der Waals surface area contributed by atoms with Crippen molar-refractivity contribution in [1.82, 2.24) is 5.32 Å². The highest BCUT2D eigenvalue weighted by Gasteiger charge is 2.27. The number of unbranched alkanes of at least 4 members (excludes halogenated alkanes) is 20. The van der Waals surface area contributed by atoms with Crippen molar-refractivity contribution in [2.24, 2.45) is 0 Å². The molecule has 0 aromatic carbocycles. The van der Waals surface area contributed by atoms with Crippen LogP contribution in [0.3, 0.4) is 0 Å². The first kappa shape index (κ1) is 41.8. The molecule has 0 radical (unpaired) electrons. The third-order valence-electron chi connectivity index (χ3n) is 7.99. The molecule has 0 aliphatic heterocycles. The van der Waals surface area contributed by atoms with Crippen LogP contribution in [0.25, 0.3) is 0 Å². The number of carbonyl (C=O) groups excluding carboxylic acids is 1. The molecule has 0 rings (SSSR count). The molecular weight excluding hydrogens is 562 g/mol. The molecule has 8 heteroatoms. The fourth-order valence-corrected chi connectivity index (χ4v) is 5.97. The van der Waals surface area contributed by atoms with Gasteiger partial charge in [0.2, 0.25) is 5.91 Å². The van der Waals surface area contributed by atoms with E-state index in [1.165, 1.54) is 109 Å². The molecule has 0 aliphatic rings. The second kappa shape index (κ2) is 29.5. The molecule has 0 fully saturated rings. The largest absolute Gasteiger partial charge is 0.387 e. The topological polar surface area (TPSA) is 124 Å². The number of rotatable bonds is 31. The van der Waals surface area contributed by atoms with Crippen molar-refractivity contribution in [3.8, 4) is 0 Å². The lowest BCUT2D eigenvalue weighted by molar-refractivity contribution is -0.130. The number of allylic oxidation sites excluding steroid dienone is 3. The molecule has 0 aliphatic carbocycles. The number of hydrogen-bond acceptors (Lipinski definition) is 5. The summed E-state index contributed by atoms with van der Waals surface area (Å²) in [6, 6.07) is -1.24. The predicted molar refractivity (Wildman–Crippen MR) is 181 cm³/mol. The van der Waals surface area contributed by atoms with Gasteiger partial charge in [-0.3, -0.25) is 9.35 Å².